The SMILES string of the molecule is CCCCCCCCC1CCC(C2CCC3(CC2)CC2(CCC(C4CCC(CCC)CC4)CC2)C3(Cl)Cl)CC1. The fourth-order valence-electron chi connectivity index (χ4n) is 11.2. The Morgan fingerprint density at radius 3 is 1.31 bits per heavy atom. The van der Waals surface area contributed by atoms with Crippen molar-refractivity contribution >= 4 is 23.2 Å². The molecule has 0 amide bonds. The highest BCUT2D eigenvalue weighted by Gasteiger charge is 2.72. The molecule has 0 aromatic rings. The van der Waals surface area contributed by atoms with Crippen LogP contribution in [0.1, 0.15) is 181 Å². The van der Waals surface area contributed by atoms with E-state index in [1.54, 1.807) is 0 Å². The molecule has 2 heteroatoms. The van der Waals surface area contributed by atoms with Crippen LogP contribution in [0.25, 0.3) is 0 Å². The molecule has 0 aromatic heterocycles. The van der Waals surface area contributed by atoms with Gasteiger partial charge in [0.25, 0.3) is 0 Å². The summed E-state index contributed by atoms with van der Waals surface area (Å²) in [5.74, 6) is 5.99. The second-order valence-corrected chi connectivity index (χ2v) is 17.2. The highest BCUT2D eigenvalue weighted by molar-refractivity contribution is 6.50. The van der Waals surface area contributed by atoms with Gasteiger partial charge in [-0.3, -0.25) is 0 Å². The van der Waals surface area contributed by atoms with Crippen molar-refractivity contribution in [3.8, 4) is 0 Å². The Kier molecular flexibility index (Phi) is 11.1. The van der Waals surface area contributed by atoms with E-state index in [0.29, 0.717) is 0 Å². The summed E-state index contributed by atoms with van der Waals surface area (Å²) in [6, 6.07) is 0. The number of halogens is 2. The highest BCUT2D eigenvalue weighted by atomic mass is 35.5. The van der Waals surface area contributed by atoms with Gasteiger partial charge >= 0.3 is 0 Å². The van der Waals surface area contributed by atoms with Gasteiger partial charge in [0, 0.05) is 10.8 Å². The van der Waals surface area contributed by atoms with E-state index < -0.39 is 4.33 Å². The van der Waals surface area contributed by atoms with Crippen molar-refractivity contribution in [1.82, 2.24) is 0 Å². The van der Waals surface area contributed by atoms with Crippen LogP contribution in [0.3, 0.4) is 0 Å². The second kappa shape index (κ2) is 13.9. The van der Waals surface area contributed by atoms with Gasteiger partial charge in [-0.1, -0.05) is 97.3 Å². The van der Waals surface area contributed by atoms with E-state index in [-0.39, 0.29) is 10.8 Å². The quantitative estimate of drug-likeness (QED) is 0.169. The van der Waals surface area contributed by atoms with Crippen molar-refractivity contribution in [2.24, 2.45) is 46.3 Å². The van der Waals surface area contributed by atoms with Gasteiger partial charge in [0.1, 0.15) is 4.33 Å². The largest absolute Gasteiger partial charge is 0.129 e. The fraction of sp³-hybridized carbons (Fsp3) is 1.00. The van der Waals surface area contributed by atoms with Gasteiger partial charge in [0.2, 0.25) is 0 Å². The topological polar surface area (TPSA) is 0 Å². The first kappa shape index (κ1) is 31.0. The van der Waals surface area contributed by atoms with Crippen LogP contribution in [0.4, 0.5) is 0 Å². The third kappa shape index (κ3) is 6.73. The van der Waals surface area contributed by atoms with E-state index in [2.05, 4.69) is 13.8 Å². The summed E-state index contributed by atoms with van der Waals surface area (Å²) in [6.07, 6.45) is 37.3. The first-order chi connectivity index (χ1) is 18.9. The van der Waals surface area contributed by atoms with Crippen LogP contribution < -0.4 is 0 Å². The van der Waals surface area contributed by atoms with E-state index in [9.17, 15) is 0 Å². The van der Waals surface area contributed by atoms with Crippen LogP contribution in [-0.4, -0.2) is 4.33 Å². The maximum absolute atomic E-state index is 7.47. The Hall–Kier alpha value is 0.580. The lowest BCUT2D eigenvalue weighted by atomic mass is 9.42. The molecule has 0 N–H and O–H groups in total. The summed E-state index contributed by atoms with van der Waals surface area (Å²) >= 11 is 14.9. The molecule has 0 aliphatic heterocycles. The number of unbranched alkanes of at least 4 members (excludes halogenated alkanes) is 5. The van der Waals surface area contributed by atoms with E-state index in [4.69, 9.17) is 23.2 Å². The van der Waals surface area contributed by atoms with Crippen molar-refractivity contribution in [3.05, 3.63) is 0 Å². The first-order valence-corrected chi connectivity index (χ1v) is 19.1. The molecule has 0 bridgehead atoms. The zero-order valence-corrected chi connectivity index (χ0v) is 27.6. The van der Waals surface area contributed by atoms with Crippen molar-refractivity contribution in [1.29, 1.82) is 0 Å². The summed E-state index contributed by atoms with van der Waals surface area (Å²) in [5, 5.41) is 0. The average Bonchev–Trinajstić information content (AvgIpc) is 2.97. The molecular weight excluding hydrogens is 515 g/mol. The summed E-state index contributed by atoms with van der Waals surface area (Å²) in [5.41, 5.74) is 0.486. The number of hydrogen-bond donors (Lipinski definition) is 0. The Morgan fingerprint density at radius 1 is 0.462 bits per heavy atom. The predicted octanol–water partition coefficient (Wildman–Crippen LogP) is 13.1. The van der Waals surface area contributed by atoms with Crippen LogP contribution in [0.15, 0.2) is 0 Å². The van der Waals surface area contributed by atoms with Crippen molar-refractivity contribution in [2.45, 2.75) is 185 Å². The van der Waals surface area contributed by atoms with Gasteiger partial charge in [-0.15, -0.1) is 23.2 Å². The summed E-state index contributed by atoms with van der Waals surface area (Å²) in [6.45, 7) is 4.68. The molecule has 0 aromatic carbocycles. The van der Waals surface area contributed by atoms with E-state index in [1.807, 2.05) is 0 Å². The monoisotopic (exact) mass is 578 g/mol. The Labute approximate surface area is 253 Å². The third-order valence-corrected chi connectivity index (χ3v) is 15.4. The van der Waals surface area contributed by atoms with Crippen molar-refractivity contribution in [2.75, 3.05) is 0 Å². The number of rotatable bonds is 11. The van der Waals surface area contributed by atoms with Gasteiger partial charge in [-0.2, -0.15) is 0 Å². The van der Waals surface area contributed by atoms with Gasteiger partial charge in [0.05, 0.1) is 0 Å². The molecule has 5 aliphatic carbocycles. The first-order valence-electron chi connectivity index (χ1n) is 18.3. The lowest BCUT2D eigenvalue weighted by Gasteiger charge is -2.69. The minimum atomic E-state index is -0.455. The Morgan fingerprint density at radius 2 is 0.872 bits per heavy atom. The lowest BCUT2D eigenvalue weighted by Crippen LogP contribution is -2.66. The summed E-state index contributed by atoms with van der Waals surface area (Å²) in [4.78, 5) is 0. The van der Waals surface area contributed by atoms with Gasteiger partial charge < -0.3 is 0 Å². The van der Waals surface area contributed by atoms with E-state index >= 15 is 0 Å². The molecule has 0 atom stereocenters. The maximum atomic E-state index is 7.47. The van der Waals surface area contributed by atoms with Crippen molar-refractivity contribution < 1.29 is 0 Å². The second-order valence-electron chi connectivity index (χ2n) is 15.9. The van der Waals surface area contributed by atoms with Gasteiger partial charge in [0.15, 0.2) is 0 Å². The summed E-state index contributed by atoms with van der Waals surface area (Å²) < 4.78 is -0.455. The minimum absolute atomic E-state index is 0.243. The zero-order chi connectivity index (χ0) is 27.3. The Balaban J connectivity index is 1.01. The molecule has 39 heavy (non-hydrogen) atoms. The van der Waals surface area contributed by atoms with Crippen LogP contribution in [0, 0.1) is 46.3 Å². The van der Waals surface area contributed by atoms with E-state index in [0.717, 1.165) is 35.5 Å². The number of alkyl halides is 2. The van der Waals surface area contributed by atoms with Crippen LogP contribution in [0.5, 0.6) is 0 Å². The van der Waals surface area contributed by atoms with Gasteiger partial charge in [-0.05, 0) is 119 Å². The normalized spacial score (nSPS) is 42.5. The fourth-order valence-corrected chi connectivity index (χ4v) is 12.2. The third-order valence-electron chi connectivity index (χ3n) is 13.8. The molecule has 0 nitrogen and oxygen atoms in total. The molecule has 226 valence electrons. The lowest BCUT2D eigenvalue weighted by molar-refractivity contribution is -0.122. The molecule has 5 rings (SSSR count). The maximum Gasteiger partial charge on any atom is 0.129 e. The van der Waals surface area contributed by atoms with Crippen molar-refractivity contribution in [3.63, 3.8) is 0 Å². The summed E-state index contributed by atoms with van der Waals surface area (Å²) in [7, 11) is 0. The molecular formula is C37H64Cl2. The number of hydrogen-bond acceptors (Lipinski definition) is 0. The molecule has 0 saturated heterocycles. The van der Waals surface area contributed by atoms with Gasteiger partial charge in [-0.25, -0.2) is 0 Å². The van der Waals surface area contributed by atoms with E-state index in [1.165, 1.54) is 167 Å². The average molecular weight is 580 g/mol. The van der Waals surface area contributed by atoms with Crippen LogP contribution in [0.2, 0.25) is 0 Å². The Bertz CT molecular complexity index is 710. The highest BCUT2D eigenvalue weighted by Crippen LogP contribution is 2.77. The smallest absolute Gasteiger partial charge is 0.100 e. The molecule has 0 unspecified atom stereocenters. The van der Waals surface area contributed by atoms with Crippen LogP contribution in [-0.2, 0) is 0 Å². The molecule has 0 heterocycles. The zero-order valence-electron chi connectivity index (χ0n) is 26.1. The predicted molar refractivity (Wildman–Crippen MR) is 172 cm³/mol. The molecule has 2 spiro atoms. The molecule has 5 saturated carbocycles. The molecule has 5 aliphatic rings. The van der Waals surface area contributed by atoms with Crippen LogP contribution >= 0.6 is 23.2 Å². The minimum Gasteiger partial charge on any atom is -0.100 e. The standard InChI is InChI=1S/C37H64Cl2/c1-3-5-6-7-8-9-11-30-14-18-32(19-15-30)34-22-26-36(27-23-34)28-35(37(36,38)39)24-20-33(21-25-35)31-16-12-29(10-4-2)13-17-31/h29-34H,3-28H2,1-2H3. The molecule has 0 radical (unpaired) electrons. The molecule has 5 fully saturated rings.